The topological polar surface area (TPSA) is 74.3 Å². The molecule has 2 aromatic rings. The first-order chi connectivity index (χ1) is 9.67. The molecule has 3 N–H and O–H groups in total. The zero-order valence-electron chi connectivity index (χ0n) is 11.6. The highest BCUT2D eigenvalue weighted by atomic mass is 16.6. The Morgan fingerprint density at radius 1 is 1.25 bits per heavy atom. The van der Waals surface area contributed by atoms with Crippen molar-refractivity contribution in [3.63, 3.8) is 0 Å². The number of rotatable bonds is 3. The lowest BCUT2D eigenvalue weighted by Crippen LogP contribution is -2.15. The van der Waals surface area contributed by atoms with Gasteiger partial charge < -0.3 is 20.5 Å². The fourth-order valence-electron chi connectivity index (χ4n) is 2.26. The first-order valence-corrected chi connectivity index (χ1v) is 6.66. The molecule has 0 saturated carbocycles. The third-order valence-electron chi connectivity index (χ3n) is 3.22. The molecule has 2 heterocycles. The van der Waals surface area contributed by atoms with Crippen molar-refractivity contribution < 1.29 is 9.47 Å². The summed E-state index contributed by atoms with van der Waals surface area (Å²) in [5.74, 6) is 1.41. The summed E-state index contributed by atoms with van der Waals surface area (Å²) in [6, 6.07) is 3.66. The molecule has 0 fully saturated rings. The number of nitrogens with zero attached hydrogens (tertiary/aromatic N) is 2. The summed E-state index contributed by atoms with van der Waals surface area (Å²) < 4.78 is 12.9. The molecule has 1 aliphatic rings. The molecule has 6 nitrogen and oxygen atoms in total. The van der Waals surface area contributed by atoms with E-state index in [1.807, 2.05) is 19.3 Å². The molecule has 1 aromatic carbocycles. The molecule has 3 rings (SSSR count). The zero-order valence-corrected chi connectivity index (χ0v) is 11.6. The predicted molar refractivity (Wildman–Crippen MR) is 77.7 cm³/mol. The molecule has 0 unspecified atom stereocenters. The third-order valence-corrected chi connectivity index (χ3v) is 3.22. The van der Waals surface area contributed by atoms with Gasteiger partial charge in [-0.3, -0.25) is 4.68 Å². The monoisotopic (exact) mass is 274 g/mol. The van der Waals surface area contributed by atoms with Crippen LogP contribution in [0.4, 0.5) is 17.1 Å². The van der Waals surface area contributed by atoms with Crippen LogP contribution in [0.2, 0.25) is 0 Å². The highest BCUT2D eigenvalue weighted by Crippen LogP contribution is 2.38. The van der Waals surface area contributed by atoms with Gasteiger partial charge in [-0.25, -0.2) is 0 Å². The number of nitrogens with one attached hydrogen (secondary N) is 1. The van der Waals surface area contributed by atoms with Crippen LogP contribution in [-0.2, 0) is 13.5 Å². The minimum Gasteiger partial charge on any atom is -0.486 e. The van der Waals surface area contributed by atoms with E-state index in [4.69, 9.17) is 15.2 Å². The van der Waals surface area contributed by atoms with Crippen molar-refractivity contribution in [3.8, 4) is 11.5 Å². The van der Waals surface area contributed by atoms with E-state index < -0.39 is 0 Å². The van der Waals surface area contributed by atoms with Gasteiger partial charge in [-0.15, -0.1) is 0 Å². The Balaban J connectivity index is 1.94. The van der Waals surface area contributed by atoms with E-state index in [0.29, 0.717) is 24.7 Å². The van der Waals surface area contributed by atoms with Gasteiger partial charge in [0.15, 0.2) is 11.5 Å². The second-order valence-corrected chi connectivity index (χ2v) is 4.72. The van der Waals surface area contributed by atoms with Gasteiger partial charge in [-0.05, 0) is 6.42 Å². The van der Waals surface area contributed by atoms with Crippen molar-refractivity contribution in [2.75, 3.05) is 24.3 Å². The Labute approximate surface area is 117 Å². The van der Waals surface area contributed by atoms with Gasteiger partial charge in [0, 0.05) is 25.4 Å². The van der Waals surface area contributed by atoms with E-state index in [-0.39, 0.29) is 0 Å². The van der Waals surface area contributed by atoms with Crippen LogP contribution in [0.3, 0.4) is 0 Å². The molecule has 1 aliphatic heterocycles. The molecule has 0 radical (unpaired) electrons. The summed E-state index contributed by atoms with van der Waals surface area (Å²) in [5.41, 5.74) is 9.45. The zero-order chi connectivity index (χ0) is 14.1. The van der Waals surface area contributed by atoms with Gasteiger partial charge in [0.05, 0.1) is 22.8 Å². The minimum atomic E-state index is 0.557. The highest BCUT2D eigenvalue weighted by Gasteiger charge is 2.16. The molecule has 0 amide bonds. The second kappa shape index (κ2) is 4.96. The van der Waals surface area contributed by atoms with Crippen LogP contribution in [0.1, 0.15) is 12.6 Å². The van der Waals surface area contributed by atoms with Crippen molar-refractivity contribution in [2.45, 2.75) is 13.3 Å². The number of nitrogen functional groups attached to an aromatic ring is 1. The lowest BCUT2D eigenvalue weighted by atomic mass is 10.2. The van der Waals surface area contributed by atoms with Crippen LogP contribution >= 0.6 is 0 Å². The number of hydrogen-bond acceptors (Lipinski definition) is 5. The van der Waals surface area contributed by atoms with E-state index in [2.05, 4.69) is 17.3 Å². The van der Waals surface area contributed by atoms with E-state index >= 15 is 0 Å². The maximum absolute atomic E-state index is 6.07. The van der Waals surface area contributed by atoms with Crippen LogP contribution < -0.4 is 20.5 Å². The third kappa shape index (κ3) is 2.24. The van der Waals surface area contributed by atoms with Gasteiger partial charge in [0.2, 0.25) is 0 Å². The summed E-state index contributed by atoms with van der Waals surface area (Å²) in [6.07, 6.45) is 2.79. The van der Waals surface area contributed by atoms with Crippen LogP contribution in [-0.4, -0.2) is 23.0 Å². The van der Waals surface area contributed by atoms with E-state index in [1.165, 1.54) is 0 Å². The highest BCUT2D eigenvalue weighted by molar-refractivity contribution is 5.77. The van der Waals surface area contributed by atoms with E-state index in [1.54, 1.807) is 10.7 Å². The van der Waals surface area contributed by atoms with E-state index in [0.717, 1.165) is 29.2 Å². The quantitative estimate of drug-likeness (QED) is 0.838. The Morgan fingerprint density at radius 3 is 2.65 bits per heavy atom. The minimum absolute atomic E-state index is 0.557. The Morgan fingerprint density at radius 2 is 1.95 bits per heavy atom. The second-order valence-electron chi connectivity index (χ2n) is 4.72. The largest absolute Gasteiger partial charge is 0.486 e. The summed E-state index contributed by atoms with van der Waals surface area (Å²) in [4.78, 5) is 0. The Kier molecular flexibility index (Phi) is 3.14. The van der Waals surface area contributed by atoms with E-state index in [9.17, 15) is 0 Å². The number of aryl methyl sites for hydroxylation is 2. The number of nitrogens with two attached hydrogens (primary N) is 1. The van der Waals surface area contributed by atoms with Crippen LogP contribution in [0.5, 0.6) is 11.5 Å². The number of aromatic nitrogens is 2. The molecule has 0 atom stereocenters. The van der Waals surface area contributed by atoms with Crippen molar-refractivity contribution in [1.29, 1.82) is 0 Å². The first kappa shape index (κ1) is 12.7. The molecule has 106 valence electrons. The average Bonchev–Trinajstić information content (AvgIpc) is 2.79. The van der Waals surface area contributed by atoms with Crippen LogP contribution in [0, 0.1) is 0 Å². The summed E-state index contributed by atoms with van der Waals surface area (Å²) >= 11 is 0. The fourth-order valence-corrected chi connectivity index (χ4v) is 2.26. The molecule has 1 aromatic heterocycles. The van der Waals surface area contributed by atoms with Crippen molar-refractivity contribution in [1.82, 2.24) is 9.78 Å². The molecule has 6 heteroatoms. The molecule has 0 spiro atoms. The lowest BCUT2D eigenvalue weighted by Gasteiger charge is -2.20. The van der Waals surface area contributed by atoms with Crippen molar-refractivity contribution >= 4 is 17.1 Å². The molecule has 20 heavy (non-hydrogen) atoms. The maximum Gasteiger partial charge on any atom is 0.163 e. The van der Waals surface area contributed by atoms with Crippen molar-refractivity contribution in [3.05, 3.63) is 24.0 Å². The van der Waals surface area contributed by atoms with Gasteiger partial charge in [-0.2, -0.15) is 5.10 Å². The molecule has 0 saturated heterocycles. The SMILES string of the molecule is CCc1nn(C)cc1Nc1cc2c(cc1N)OCCO2. The number of anilines is 3. The number of benzene rings is 1. The number of hydrogen-bond donors (Lipinski definition) is 2. The standard InChI is InChI=1S/C14H18N4O2/c1-3-10-12(8-18(2)17-10)16-11-7-14-13(6-9(11)15)19-4-5-20-14/h6-8,16H,3-5,15H2,1-2H3. The summed E-state index contributed by atoms with van der Waals surface area (Å²) in [6.45, 7) is 3.19. The fraction of sp³-hybridized carbons (Fsp3) is 0.357. The molecular formula is C14H18N4O2. The molecule has 0 aliphatic carbocycles. The number of ether oxygens (including phenoxy) is 2. The van der Waals surface area contributed by atoms with Gasteiger partial charge in [-0.1, -0.05) is 6.92 Å². The molecule has 0 bridgehead atoms. The predicted octanol–water partition coefficient (Wildman–Crippen LogP) is 2.08. The Hall–Kier alpha value is -2.37. The van der Waals surface area contributed by atoms with Crippen LogP contribution in [0.25, 0.3) is 0 Å². The molecular weight excluding hydrogens is 256 g/mol. The first-order valence-electron chi connectivity index (χ1n) is 6.66. The number of fused-ring (bicyclic) bond motifs is 1. The smallest absolute Gasteiger partial charge is 0.163 e. The summed E-state index contributed by atoms with van der Waals surface area (Å²) in [5, 5.41) is 7.72. The van der Waals surface area contributed by atoms with Crippen LogP contribution in [0.15, 0.2) is 18.3 Å². The van der Waals surface area contributed by atoms with Gasteiger partial charge in [0.1, 0.15) is 13.2 Å². The van der Waals surface area contributed by atoms with Gasteiger partial charge in [0.25, 0.3) is 0 Å². The Bertz CT molecular complexity index is 636. The van der Waals surface area contributed by atoms with Gasteiger partial charge >= 0.3 is 0 Å². The lowest BCUT2D eigenvalue weighted by molar-refractivity contribution is 0.172. The maximum atomic E-state index is 6.07. The average molecular weight is 274 g/mol. The van der Waals surface area contributed by atoms with Crippen molar-refractivity contribution in [2.24, 2.45) is 7.05 Å². The summed E-state index contributed by atoms with van der Waals surface area (Å²) in [7, 11) is 1.90. The normalized spacial score (nSPS) is 13.3.